The molecular formula is C10H12O3. The van der Waals surface area contributed by atoms with Gasteiger partial charge in [-0.05, 0) is 23.8 Å². The third-order valence-electron chi connectivity index (χ3n) is 1.29. The van der Waals surface area contributed by atoms with E-state index in [1.54, 1.807) is 12.1 Å². The van der Waals surface area contributed by atoms with E-state index < -0.39 is 5.97 Å². The Hall–Kier alpha value is -1.77. The van der Waals surface area contributed by atoms with Gasteiger partial charge in [0.2, 0.25) is 0 Å². The van der Waals surface area contributed by atoms with Crippen LogP contribution >= 0.6 is 0 Å². The van der Waals surface area contributed by atoms with E-state index in [4.69, 9.17) is 10.2 Å². The summed E-state index contributed by atoms with van der Waals surface area (Å²) in [4.78, 5) is 10.1. The number of phenolic OH excluding ortho intramolecular Hbond substituents is 1. The number of aliphatic carboxylic acids is 1. The van der Waals surface area contributed by atoms with E-state index in [1.807, 2.05) is 0 Å². The quantitative estimate of drug-likeness (QED) is 0.685. The molecule has 0 aliphatic rings. The van der Waals surface area contributed by atoms with E-state index in [-0.39, 0.29) is 13.2 Å². The number of carbonyl (C=O) groups is 1. The van der Waals surface area contributed by atoms with Crippen molar-refractivity contribution in [2.75, 3.05) is 0 Å². The number of phenols is 1. The molecule has 70 valence electrons. The van der Waals surface area contributed by atoms with Crippen LogP contribution in [0.25, 0.3) is 6.08 Å². The first-order valence-corrected chi connectivity index (χ1v) is 3.38. The van der Waals surface area contributed by atoms with E-state index in [0.717, 1.165) is 6.08 Å². The van der Waals surface area contributed by atoms with Gasteiger partial charge in [0.1, 0.15) is 5.75 Å². The lowest BCUT2D eigenvalue weighted by atomic mass is 10.2. The molecule has 1 rings (SSSR count). The van der Waals surface area contributed by atoms with Crippen LogP contribution in [0.4, 0.5) is 0 Å². The Balaban J connectivity index is 0.00000144. The van der Waals surface area contributed by atoms with Crippen LogP contribution in [0.15, 0.2) is 30.3 Å². The summed E-state index contributed by atoms with van der Waals surface area (Å²) in [7, 11) is 0. The molecule has 0 saturated heterocycles. The molecule has 0 amide bonds. The predicted octanol–water partition coefficient (Wildman–Crippen LogP) is 2.13. The van der Waals surface area contributed by atoms with Gasteiger partial charge in [0.15, 0.2) is 0 Å². The Morgan fingerprint density at radius 2 is 2.08 bits per heavy atom. The summed E-state index contributed by atoms with van der Waals surface area (Å²) in [6.45, 7) is 0. The zero-order valence-corrected chi connectivity index (χ0v) is 6.27. The molecule has 0 aliphatic heterocycles. The second kappa shape index (κ2) is 4.98. The molecule has 2 N–H and O–H groups in total. The summed E-state index contributed by atoms with van der Waals surface area (Å²) < 4.78 is 0. The Kier molecular flexibility index (Phi) is 4.30. The summed E-state index contributed by atoms with van der Waals surface area (Å²) >= 11 is 0. The summed E-state index contributed by atoms with van der Waals surface area (Å²) in [5, 5.41) is 17.3. The summed E-state index contributed by atoms with van der Waals surface area (Å²) in [6.07, 6.45) is 2.44. The van der Waals surface area contributed by atoms with E-state index in [1.165, 1.54) is 18.2 Å². The van der Waals surface area contributed by atoms with Crippen molar-refractivity contribution in [1.29, 1.82) is 0 Å². The molecule has 0 spiro atoms. The fourth-order valence-corrected chi connectivity index (χ4v) is 0.796. The van der Waals surface area contributed by atoms with Crippen molar-refractivity contribution in [1.82, 2.24) is 0 Å². The van der Waals surface area contributed by atoms with Gasteiger partial charge >= 0.3 is 5.97 Å². The van der Waals surface area contributed by atoms with Crippen LogP contribution < -0.4 is 0 Å². The largest absolute Gasteiger partial charge is 0.508 e. The first-order chi connectivity index (χ1) is 5.68. The fraction of sp³-hybridized carbons (Fsp3) is 0.100. The molecule has 1 aromatic rings. The maximum atomic E-state index is 10.1. The Labute approximate surface area is 77.0 Å². The maximum absolute atomic E-state index is 10.1. The van der Waals surface area contributed by atoms with Crippen molar-refractivity contribution in [2.45, 2.75) is 7.43 Å². The maximum Gasteiger partial charge on any atom is 0.328 e. The SMILES string of the molecule is C.O=C(O)/C=C/c1cccc(O)c1. The summed E-state index contributed by atoms with van der Waals surface area (Å²) in [5.74, 6) is -0.874. The number of carboxylic acids is 1. The van der Waals surface area contributed by atoms with Gasteiger partial charge in [-0.3, -0.25) is 0 Å². The average molecular weight is 180 g/mol. The van der Waals surface area contributed by atoms with Crippen molar-refractivity contribution in [3.8, 4) is 5.75 Å². The van der Waals surface area contributed by atoms with Crippen LogP contribution in [-0.2, 0) is 4.79 Å². The van der Waals surface area contributed by atoms with Gasteiger partial charge in [-0.25, -0.2) is 4.79 Å². The number of aromatic hydroxyl groups is 1. The topological polar surface area (TPSA) is 57.5 Å². The zero-order valence-electron chi connectivity index (χ0n) is 6.27. The van der Waals surface area contributed by atoms with Crippen LogP contribution in [0, 0.1) is 0 Å². The van der Waals surface area contributed by atoms with Crippen molar-refractivity contribution in [3.05, 3.63) is 35.9 Å². The molecule has 0 unspecified atom stereocenters. The standard InChI is InChI=1S/C9H8O3.CH4/c10-8-3-1-2-7(6-8)4-5-9(11)12;/h1-6,10H,(H,11,12);1H4/b5-4+;. The highest BCUT2D eigenvalue weighted by atomic mass is 16.4. The minimum atomic E-state index is -1.00. The zero-order chi connectivity index (χ0) is 8.97. The minimum absolute atomic E-state index is 0. The van der Waals surface area contributed by atoms with Gasteiger partial charge in [0.05, 0.1) is 0 Å². The Morgan fingerprint density at radius 3 is 2.62 bits per heavy atom. The monoisotopic (exact) mass is 180 g/mol. The molecule has 0 aliphatic carbocycles. The number of hydrogen-bond acceptors (Lipinski definition) is 2. The van der Waals surface area contributed by atoms with Gasteiger partial charge in [-0.15, -0.1) is 0 Å². The second-order valence-corrected chi connectivity index (χ2v) is 2.27. The number of carboxylic acid groups (broad SMARTS) is 1. The first kappa shape index (κ1) is 11.2. The van der Waals surface area contributed by atoms with Crippen molar-refractivity contribution >= 4 is 12.0 Å². The van der Waals surface area contributed by atoms with Crippen molar-refractivity contribution < 1.29 is 15.0 Å². The lowest BCUT2D eigenvalue weighted by Crippen LogP contribution is -1.85. The van der Waals surface area contributed by atoms with Gasteiger partial charge in [-0.1, -0.05) is 19.6 Å². The van der Waals surface area contributed by atoms with Gasteiger partial charge in [0, 0.05) is 6.08 Å². The van der Waals surface area contributed by atoms with Crippen LogP contribution in [0.5, 0.6) is 5.75 Å². The van der Waals surface area contributed by atoms with Crippen LogP contribution in [0.2, 0.25) is 0 Å². The summed E-state index contributed by atoms with van der Waals surface area (Å²) in [5.41, 5.74) is 0.664. The molecule has 0 heterocycles. The minimum Gasteiger partial charge on any atom is -0.508 e. The first-order valence-electron chi connectivity index (χ1n) is 3.38. The molecule has 3 heteroatoms. The molecular weight excluding hydrogens is 168 g/mol. The highest BCUT2D eigenvalue weighted by Crippen LogP contribution is 2.11. The second-order valence-electron chi connectivity index (χ2n) is 2.27. The molecule has 0 atom stereocenters. The molecule has 1 aromatic carbocycles. The van der Waals surface area contributed by atoms with Gasteiger partial charge < -0.3 is 10.2 Å². The van der Waals surface area contributed by atoms with Gasteiger partial charge in [-0.2, -0.15) is 0 Å². The lowest BCUT2D eigenvalue weighted by molar-refractivity contribution is -0.131. The van der Waals surface area contributed by atoms with E-state index >= 15 is 0 Å². The Bertz CT molecular complexity index is 316. The molecule has 0 fully saturated rings. The molecule has 0 aromatic heterocycles. The van der Waals surface area contributed by atoms with Crippen molar-refractivity contribution in [3.63, 3.8) is 0 Å². The number of benzene rings is 1. The molecule has 0 bridgehead atoms. The molecule has 0 saturated carbocycles. The number of hydrogen-bond donors (Lipinski definition) is 2. The smallest absolute Gasteiger partial charge is 0.328 e. The lowest BCUT2D eigenvalue weighted by Gasteiger charge is -1.92. The third-order valence-corrected chi connectivity index (χ3v) is 1.29. The molecule has 13 heavy (non-hydrogen) atoms. The van der Waals surface area contributed by atoms with Gasteiger partial charge in [0.25, 0.3) is 0 Å². The van der Waals surface area contributed by atoms with Crippen LogP contribution in [-0.4, -0.2) is 16.2 Å². The van der Waals surface area contributed by atoms with Crippen molar-refractivity contribution in [2.24, 2.45) is 0 Å². The van der Waals surface area contributed by atoms with Crippen LogP contribution in [0.3, 0.4) is 0 Å². The number of rotatable bonds is 2. The van der Waals surface area contributed by atoms with E-state index in [9.17, 15) is 4.79 Å². The average Bonchev–Trinajstić information content (AvgIpc) is 2.01. The van der Waals surface area contributed by atoms with E-state index in [2.05, 4.69) is 0 Å². The highest BCUT2D eigenvalue weighted by Gasteiger charge is 1.90. The van der Waals surface area contributed by atoms with Crippen LogP contribution in [0.1, 0.15) is 13.0 Å². The van der Waals surface area contributed by atoms with E-state index in [0.29, 0.717) is 5.56 Å². The summed E-state index contributed by atoms with van der Waals surface area (Å²) in [6, 6.07) is 6.37. The Morgan fingerprint density at radius 1 is 1.38 bits per heavy atom. The molecule has 0 radical (unpaired) electrons. The predicted molar refractivity (Wildman–Crippen MR) is 51.5 cm³/mol. The third kappa shape index (κ3) is 3.96. The normalized spacial score (nSPS) is 9.54. The highest BCUT2D eigenvalue weighted by molar-refractivity contribution is 5.85. The fourth-order valence-electron chi connectivity index (χ4n) is 0.796. The molecule has 3 nitrogen and oxygen atoms in total.